The number of carboxylic acid groups (broad SMARTS) is 1. The van der Waals surface area contributed by atoms with Crippen LogP contribution in [0.25, 0.3) is 0 Å². The number of β-lactam (4-membered cyclic amide) rings is 1. The number of hydrogen-bond acceptors (Lipinski definition) is 5. The summed E-state index contributed by atoms with van der Waals surface area (Å²) in [5, 5.41) is 13.0. The SMILES string of the molecule is CC(C)(C)OC(=O)N[C@@H]1C(=O)N2C(C(=O)O)=CSC[C@@H]12. The lowest BCUT2D eigenvalue weighted by atomic mass is 9.95. The molecule has 2 atom stereocenters. The molecule has 110 valence electrons. The quantitative estimate of drug-likeness (QED) is 0.731. The molecular weight excluding hydrogens is 284 g/mol. The van der Waals surface area contributed by atoms with Crippen molar-refractivity contribution in [3.8, 4) is 0 Å². The summed E-state index contributed by atoms with van der Waals surface area (Å²) in [4.78, 5) is 35.8. The van der Waals surface area contributed by atoms with E-state index in [0.717, 1.165) is 0 Å². The van der Waals surface area contributed by atoms with Crippen LogP contribution in [0, 0.1) is 0 Å². The van der Waals surface area contributed by atoms with Crippen LogP contribution < -0.4 is 5.32 Å². The Kier molecular flexibility index (Phi) is 3.68. The number of hydrogen-bond donors (Lipinski definition) is 2. The predicted molar refractivity (Wildman–Crippen MR) is 72.0 cm³/mol. The molecule has 0 bridgehead atoms. The van der Waals surface area contributed by atoms with Gasteiger partial charge in [0.25, 0.3) is 5.91 Å². The Morgan fingerprint density at radius 3 is 2.70 bits per heavy atom. The molecule has 0 unspecified atom stereocenters. The standard InChI is InChI=1S/C12H16N2O5S/c1-12(2,3)19-11(18)13-8-6-4-20-5-7(10(16)17)14(6)9(8)15/h5-6,8H,4H2,1-3H3,(H,13,18)(H,16,17)/t6-,8-/m0/s1. The molecule has 2 N–H and O–H groups in total. The Hall–Kier alpha value is -1.70. The number of rotatable bonds is 2. The molecular formula is C12H16N2O5S. The Morgan fingerprint density at radius 1 is 1.50 bits per heavy atom. The molecule has 2 amide bonds. The number of carbonyl (C=O) groups is 3. The van der Waals surface area contributed by atoms with E-state index >= 15 is 0 Å². The van der Waals surface area contributed by atoms with Crippen molar-refractivity contribution in [3.05, 3.63) is 11.1 Å². The average Bonchev–Trinajstić information content (AvgIpc) is 2.32. The van der Waals surface area contributed by atoms with Crippen molar-refractivity contribution < 1.29 is 24.2 Å². The number of aliphatic carboxylic acids is 1. The van der Waals surface area contributed by atoms with Gasteiger partial charge in [-0.2, -0.15) is 0 Å². The van der Waals surface area contributed by atoms with Crippen molar-refractivity contribution in [2.24, 2.45) is 0 Å². The number of alkyl carbamates (subject to hydrolysis) is 1. The molecule has 0 aliphatic carbocycles. The van der Waals surface area contributed by atoms with Crippen LogP contribution in [0.5, 0.6) is 0 Å². The van der Waals surface area contributed by atoms with Crippen LogP contribution in [0.3, 0.4) is 0 Å². The average molecular weight is 300 g/mol. The molecule has 20 heavy (non-hydrogen) atoms. The zero-order chi connectivity index (χ0) is 15.1. The first-order valence-electron chi connectivity index (χ1n) is 6.08. The van der Waals surface area contributed by atoms with Crippen LogP contribution in [-0.2, 0) is 14.3 Å². The highest BCUT2D eigenvalue weighted by atomic mass is 32.2. The molecule has 2 aliphatic heterocycles. The fourth-order valence-corrected chi connectivity index (χ4v) is 3.05. The number of thioether (sulfide) groups is 1. The maximum atomic E-state index is 12.0. The molecule has 0 aromatic heterocycles. The van der Waals surface area contributed by atoms with Gasteiger partial charge in [0.15, 0.2) is 0 Å². The molecule has 2 rings (SSSR count). The van der Waals surface area contributed by atoms with Gasteiger partial charge < -0.3 is 15.2 Å². The maximum Gasteiger partial charge on any atom is 0.408 e. The van der Waals surface area contributed by atoms with Crippen LogP contribution in [0.2, 0.25) is 0 Å². The van der Waals surface area contributed by atoms with Crippen molar-refractivity contribution in [1.29, 1.82) is 0 Å². The fourth-order valence-electron chi connectivity index (χ4n) is 2.04. The van der Waals surface area contributed by atoms with Gasteiger partial charge in [0.1, 0.15) is 17.3 Å². The first kappa shape index (κ1) is 14.7. The third kappa shape index (κ3) is 2.74. The zero-order valence-electron chi connectivity index (χ0n) is 11.4. The zero-order valence-corrected chi connectivity index (χ0v) is 12.2. The van der Waals surface area contributed by atoms with Gasteiger partial charge in [-0.05, 0) is 20.8 Å². The van der Waals surface area contributed by atoms with Crippen LogP contribution in [0.4, 0.5) is 4.79 Å². The number of ether oxygens (including phenoxy) is 1. The molecule has 2 aliphatic rings. The van der Waals surface area contributed by atoms with E-state index in [9.17, 15) is 14.4 Å². The Morgan fingerprint density at radius 2 is 2.15 bits per heavy atom. The molecule has 1 saturated heterocycles. The van der Waals surface area contributed by atoms with Crippen molar-refractivity contribution >= 4 is 29.7 Å². The van der Waals surface area contributed by atoms with Gasteiger partial charge in [-0.15, -0.1) is 11.8 Å². The van der Waals surface area contributed by atoms with Crippen LogP contribution in [-0.4, -0.2) is 51.4 Å². The molecule has 0 aromatic rings. The van der Waals surface area contributed by atoms with E-state index in [1.54, 1.807) is 20.8 Å². The van der Waals surface area contributed by atoms with Crippen molar-refractivity contribution in [3.63, 3.8) is 0 Å². The molecule has 0 saturated carbocycles. The van der Waals surface area contributed by atoms with Crippen molar-refractivity contribution in [2.75, 3.05) is 5.75 Å². The summed E-state index contributed by atoms with van der Waals surface area (Å²) < 4.78 is 5.09. The second-order valence-corrected chi connectivity index (χ2v) is 6.44. The van der Waals surface area contributed by atoms with E-state index in [4.69, 9.17) is 9.84 Å². The summed E-state index contributed by atoms with van der Waals surface area (Å²) in [6.07, 6.45) is -0.674. The fraction of sp³-hybridized carbons (Fsp3) is 0.583. The topological polar surface area (TPSA) is 95.9 Å². The summed E-state index contributed by atoms with van der Waals surface area (Å²) in [5.74, 6) is -1.02. The summed E-state index contributed by atoms with van der Waals surface area (Å²) >= 11 is 1.31. The molecule has 8 heteroatoms. The molecule has 2 heterocycles. The minimum absolute atomic E-state index is 0.0431. The summed E-state index contributed by atoms with van der Waals surface area (Å²) in [7, 11) is 0. The lowest BCUT2D eigenvalue weighted by Gasteiger charge is -2.48. The van der Waals surface area contributed by atoms with Crippen LogP contribution >= 0.6 is 11.8 Å². The first-order chi connectivity index (χ1) is 9.20. The van der Waals surface area contributed by atoms with E-state index < -0.39 is 29.6 Å². The van der Waals surface area contributed by atoms with Gasteiger partial charge >= 0.3 is 12.1 Å². The number of amides is 2. The minimum Gasteiger partial charge on any atom is -0.477 e. The Balaban J connectivity index is 2.01. The molecule has 0 aromatic carbocycles. The molecule has 0 radical (unpaired) electrons. The van der Waals surface area contributed by atoms with Crippen molar-refractivity contribution in [2.45, 2.75) is 38.5 Å². The van der Waals surface area contributed by atoms with Gasteiger partial charge in [-0.1, -0.05) is 0 Å². The first-order valence-corrected chi connectivity index (χ1v) is 7.13. The largest absolute Gasteiger partial charge is 0.477 e. The highest BCUT2D eigenvalue weighted by molar-refractivity contribution is 8.02. The van der Waals surface area contributed by atoms with E-state index in [1.165, 1.54) is 22.1 Å². The highest BCUT2D eigenvalue weighted by Crippen LogP contribution is 2.34. The number of nitrogens with one attached hydrogen (secondary N) is 1. The third-order valence-corrected chi connectivity index (χ3v) is 3.76. The van der Waals surface area contributed by atoms with Gasteiger partial charge in [0, 0.05) is 11.2 Å². The van der Waals surface area contributed by atoms with Crippen LogP contribution in [0.1, 0.15) is 20.8 Å². The smallest absolute Gasteiger partial charge is 0.408 e. The lowest BCUT2D eigenvalue weighted by Crippen LogP contribution is -2.72. The number of fused-ring (bicyclic) bond motifs is 1. The van der Waals surface area contributed by atoms with Crippen LogP contribution in [0.15, 0.2) is 11.1 Å². The summed E-state index contributed by atoms with van der Waals surface area (Å²) in [6.45, 7) is 5.18. The maximum absolute atomic E-state index is 12.0. The van der Waals surface area contributed by atoms with Crippen molar-refractivity contribution in [1.82, 2.24) is 10.2 Å². The molecule has 1 fully saturated rings. The van der Waals surface area contributed by atoms with Gasteiger partial charge in [0.2, 0.25) is 0 Å². The molecule has 7 nitrogen and oxygen atoms in total. The Bertz CT molecular complexity index is 497. The van der Waals surface area contributed by atoms with Gasteiger partial charge in [-0.25, -0.2) is 9.59 Å². The number of carbonyl (C=O) groups excluding carboxylic acids is 2. The predicted octanol–water partition coefficient (Wildman–Crippen LogP) is 0.763. The summed E-state index contributed by atoms with van der Waals surface area (Å²) in [6, 6.07) is -1.06. The second-order valence-electron chi connectivity index (χ2n) is 5.54. The van der Waals surface area contributed by atoms with E-state index in [-0.39, 0.29) is 11.7 Å². The molecule has 0 spiro atoms. The summed E-state index contributed by atoms with van der Waals surface area (Å²) in [5.41, 5.74) is -0.692. The highest BCUT2D eigenvalue weighted by Gasteiger charge is 2.52. The Labute approximate surface area is 120 Å². The number of nitrogens with zero attached hydrogens (tertiary/aromatic N) is 1. The van der Waals surface area contributed by atoms with Gasteiger partial charge in [0.05, 0.1) is 6.04 Å². The van der Waals surface area contributed by atoms with E-state index in [1.807, 2.05) is 0 Å². The monoisotopic (exact) mass is 300 g/mol. The second kappa shape index (κ2) is 5.01. The number of carboxylic acids is 1. The minimum atomic E-state index is -1.15. The van der Waals surface area contributed by atoms with Gasteiger partial charge in [-0.3, -0.25) is 9.69 Å². The third-order valence-electron chi connectivity index (χ3n) is 2.83. The normalized spacial score (nSPS) is 25.2. The lowest BCUT2D eigenvalue weighted by molar-refractivity contribution is -0.151. The van der Waals surface area contributed by atoms with E-state index in [2.05, 4.69) is 5.32 Å². The van der Waals surface area contributed by atoms with E-state index in [0.29, 0.717) is 5.75 Å².